The van der Waals surface area contributed by atoms with Gasteiger partial charge in [-0.1, -0.05) is 18.2 Å². The van der Waals surface area contributed by atoms with E-state index in [1.807, 2.05) is 36.4 Å². The third-order valence-corrected chi connectivity index (χ3v) is 5.45. The summed E-state index contributed by atoms with van der Waals surface area (Å²) < 4.78 is 6.56. The summed E-state index contributed by atoms with van der Waals surface area (Å²) in [6.07, 6.45) is 3.48. The molecule has 1 saturated heterocycles. The van der Waals surface area contributed by atoms with Crippen LogP contribution < -0.4 is 5.32 Å². The van der Waals surface area contributed by atoms with E-state index in [1.165, 1.54) is 0 Å². The first kappa shape index (κ1) is 17.1. The number of aromatic nitrogens is 2. The first-order chi connectivity index (χ1) is 12.8. The number of para-hydroxylation sites is 1. The van der Waals surface area contributed by atoms with E-state index >= 15 is 0 Å². The number of thiazole rings is 1. The molecule has 1 aliphatic heterocycles. The van der Waals surface area contributed by atoms with Gasteiger partial charge >= 0.3 is 0 Å². The van der Waals surface area contributed by atoms with Crippen LogP contribution in [0.1, 0.15) is 16.6 Å². The van der Waals surface area contributed by atoms with E-state index < -0.39 is 0 Å². The molecule has 1 aliphatic rings. The van der Waals surface area contributed by atoms with Gasteiger partial charge in [-0.15, -0.1) is 11.3 Å². The summed E-state index contributed by atoms with van der Waals surface area (Å²) in [7, 11) is 0. The average molecular weight is 368 g/mol. The van der Waals surface area contributed by atoms with Gasteiger partial charge in [0, 0.05) is 25.5 Å². The summed E-state index contributed by atoms with van der Waals surface area (Å²) in [6, 6.07) is 11.5. The van der Waals surface area contributed by atoms with Crippen LogP contribution in [0.3, 0.4) is 0 Å². The van der Waals surface area contributed by atoms with Crippen molar-refractivity contribution in [2.24, 2.45) is 0 Å². The molecule has 0 spiro atoms. The second-order valence-corrected chi connectivity index (χ2v) is 7.25. The highest BCUT2D eigenvalue weighted by Crippen LogP contribution is 2.23. The minimum Gasteiger partial charge on any atom is -0.379 e. The molecule has 3 heterocycles. The highest BCUT2D eigenvalue weighted by Gasteiger charge is 2.29. The van der Waals surface area contributed by atoms with E-state index in [9.17, 15) is 4.79 Å². The Morgan fingerprint density at radius 3 is 2.85 bits per heavy atom. The summed E-state index contributed by atoms with van der Waals surface area (Å²) >= 11 is 1.61. The van der Waals surface area contributed by atoms with Crippen LogP contribution in [0.4, 0.5) is 0 Å². The quantitative estimate of drug-likeness (QED) is 0.749. The number of pyridine rings is 1. The Morgan fingerprint density at radius 2 is 2.08 bits per heavy atom. The van der Waals surface area contributed by atoms with Crippen LogP contribution in [0.25, 0.3) is 10.2 Å². The van der Waals surface area contributed by atoms with Gasteiger partial charge in [-0.25, -0.2) is 4.98 Å². The smallest absolute Gasteiger partial charge is 0.242 e. The molecule has 1 amide bonds. The van der Waals surface area contributed by atoms with Crippen LogP contribution >= 0.6 is 11.3 Å². The SMILES string of the molecule is O=C(NCc1nc2ccccc2s1)C(c1cccnc1)N1CCOCC1. The lowest BCUT2D eigenvalue weighted by Crippen LogP contribution is -2.45. The molecule has 6 nitrogen and oxygen atoms in total. The highest BCUT2D eigenvalue weighted by atomic mass is 32.1. The number of benzene rings is 1. The first-order valence-corrected chi connectivity index (χ1v) is 9.47. The van der Waals surface area contributed by atoms with Crippen molar-refractivity contribution in [3.63, 3.8) is 0 Å². The Hall–Kier alpha value is -2.35. The van der Waals surface area contributed by atoms with Crippen molar-refractivity contribution in [3.8, 4) is 0 Å². The van der Waals surface area contributed by atoms with Gasteiger partial charge in [-0.05, 0) is 23.8 Å². The Bertz CT molecular complexity index is 844. The molecule has 0 saturated carbocycles. The minimum atomic E-state index is -0.359. The van der Waals surface area contributed by atoms with Gasteiger partial charge in [0.15, 0.2) is 0 Å². The number of hydrogen-bond acceptors (Lipinski definition) is 6. The third kappa shape index (κ3) is 3.75. The fourth-order valence-electron chi connectivity index (χ4n) is 3.16. The molecular formula is C19H20N4O2S. The maximum atomic E-state index is 13.0. The Morgan fingerprint density at radius 1 is 1.23 bits per heavy atom. The number of carbonyl (C=O) groups excluding carboxylic acids is 1. The van der Waals surface area contributed by atoms with Crippen LogP contribution in [0.2, 0.25) is 0 Å². The van der Waals surface area contributed by atoms with Gasteiger partial charge in [0.1, 0.15) is 11.0 Å². The van der Waals surface area contributed by atoms with Crippen LogP contribution in [-0.4, -0.2) is 47.1 Å². The minimum absolute atomic E-state index is 0.0286. The van der Waals surface area contributed by atoms with E-state index in [-0.39, 0.29) is 11.9 Å². The number of carbonyl (C=O) groups is 1. The van der Waals surface area contributed by atoms with Crippen molar-refractivity contribution < 1.29 is 9.53 Å². The first-order valence-electron chi connectivity index (χ1n) is 8.65. The fraction of sp³-hybridized carbons (Fsp3) is 0.316. The standard InChI is InChI=1S/C19H20N4O2S/c24-19(21-13-17-22-15-5-1-2-6-16(15)26-17)18(14-4-3-7-20-12-14)23-8-10-25-11-9-23/h1-7,12,18H,8-11,13H2,(H,21,24). The van der Waals surface area contributed by atoms with Crippen molar-refractivity contribution in [3.05, 3.63) is 59.4 Å². The molecule has 1 unspecified atom stereocenters. The van der Waals surface area contributed by atoms with Crippen LogP contribution in [0.15, 0.2) is 48.8 Å². The number of nitrogens with zero attached hydrogens (tertiary/aromatic N) is 3. The predicted molar refractivity (Wildman–Crippen MR) is 101 cm³/mol. The third-order valence-electron chi connectivity index (χ3n) is 4.41. The maximum Gasteiger partial charge on any atom is 0.242 e. The zero-order chi connectivity index (χ0) is 17.8. The summed E-state index contributed by atoms with van der Waals surface area (Å²) in [4.78, 5) is 23.9. The van der Waals surface area contributed by atoms with Gasteiger partial charge in [0.25, 0.3) is 0 Å². The molecule has 1 aromatic carbocycles. The van der Waals surface area contributed by atoms with Gasteiger partial charge < -0.3 is 10.1 Å². The van der Waals surface area contributed by atoms with Crippen LogP contribution in [0, 0.1) is 0 Å². The lowest BCUT2D eigenvalue weighted by Gasteiger charge is -2.33. The van der Waals surface area contributed by atoms with Crippen molar-refractivity contribution in [1.82, 2.24) is 20.2 Å². The summed E-state index contributed by atoms with van der Waals surface area (Å²) in [5.41, 5.74) is 1.87. The van der Waals surface area contributed by atoms with E-state index in [0.717, 1.165) is 33.9 Å². The lowest BCUT2D eigenvalue weighted by molar-refractivity contribution is -0.128. The number of rotatable bonds is 5. The highest BCUT2D eigenvalue weighted by molar-refractivity contribution is 7.18. The fourth-order valence-corrected chi connectivity index (χ4v) is 4.06. The predicted octanol–water partition coefficient (Wildman–Crippen LogP) is 2.38. The van der Waals surface area contributed by atoms with Crippen molar-refractivity contribution in [2.75, 3.05) is 26.3 Å². The lowest BCUT2D eigenvalue weighted by atomic mass is 10.1. The molecule has 4 rings (SSSR count). The zero-order valence-corrected chi connectivity index (χ0v) is 15.1. The molecule has 0 aliphatic carbocycles. The topological polar surface area (TPSA) is 67.4 Å². The summed E-state index contributed by atoms with van der Waals surface area (Å²) in [5.74, 6) is -0.0286. The average Bonchev–Trinajstić information content (AvgIpc) is 3.11. The molecular weight excluding hydrogens is 348 g/mol. The molecule has 3 aromatic rings. The molecule has 7 heteroatoms. The molecule has 1 atom stereocenters. The van der Waals surface area contributed by atoms with Crippen LogP contribution in [0.5, 0.6) is 0 Å². The van der Waals surface area contributed by atoms with Crippen molar-refractivity contribution >= 4 is 27.5 Å². The normalized spacial score (nSPS) is 16.5. The molecule has 2 aromatic heterocycles. The molecule has 0 bridgehead atoms. The van der Waals surface area contributed by atoms with E-state index in [0.29, 0.717) is 19.8 Å². The van der Waals surface area contributed by atoms with Gasteiger partial charge in [-0.3, -0.25) is 14.7 Å². The zero-order valence-electron chi connectivity index (χ0n) is 14.3. The number of nitrogens with one attached hydrogen (secondary N) is 1. The summed E-state index contributed by atoms with van der Waals surface area (Å²) in [6.45, 7) is 3.17. The second kappa shape index (κ2) is 7.90. The van der Waals surface area contributed by atoms with Gasteiger partial charge in [0.05, 0.1) is 30.0 Å². The van der Waals surface area contributed by atoms with Crippen molar-refractivity contribution in [2.45, 2.75) is 12.6 Å². The van der Waals surface area contributed by atoms with Crippen molar-refractivity contribution in [1.29, 1.82) is 0 Å². The number of hydrogen-bond donors (Lipinski definition) is 1. The van der Waals surface area contributed by atoms with E-state index in [1.54, 1.807) is 23.7 Å². The number of amides is 1. The largest absolute Gasteiger partial charge is 0.379 e. The van der Waals surface area contributed by atoms with Gasteiger partial charge in [-0.2, -0.15) is 0 Å². The number of fused-ring (bicyclic) bond motifs is 1. The molecule has 1 fully saturated rings. The molecule has 134 valence electrons. The maximum absolute atomic E-state index is 13.0. The van der Waals surface area contributed by atoms with E-state index in [2.05, 4.69) is 20.2 Å². The molecule has 26 heavy (non-hydrogen) atoms. The van der Waals surface area contributed by atoms with E-state index in [4.69, 9.17) is 4.74 Å². The van der Waals surface area contributed by atoms with Gasteiger partial charge in [0.2, 0.25) is 5.91 Å². The van der Waals surface area contributed by atoms with Crippen LogP contribution in [-0.2, 0) is 16.1 Å². The second-order valence-electron chi connectivity index (χ2n) is 6.13. The molecule has 1 N–H and O–H groups in total. The summed E-state index contributed by atoms with van der Waals surface area (Å²) in [5, 5.41) is 3.96. The molecule has 0 radical (unpaired) electrons. The Kier molecular flexibility index (Phi) is 5.19. The number of ether oxygens (including phenoxy) is 1. The monoisotopic (exact) mass is 368 g/mol. The Labute approximate surface area is 155 Å². The Balaban J connectivity index is 1.50. The number of morpholine rings is 1.